The van der Waals surface area contributed by atoms with E-state index in [4.69, 9.17) is 4.74 Å². The fourth-order valence-corrected chi connectivity index (χ4v) is 4.45. The lowest BCUT2D eigenvalue weighted by atomic mass is 10.0. The monoisotopic (exact) mass is 352 g/mol. The molecule has 1 aliphatic rings. The molecule has 1 unspecified atom stereocenters. The van der Waals surface area contributed by atoms with Crippen LogP contribution in [-0.2, 0) is 4.74 Å². The first-order chi connectivity index (χ1) is 7.18. The zero-order valence-corrected chi connectivity index (χ0v) is 12.0. The van der Waals surface area contributed by atoms with Gasteiger partial charge in [-0.2, -0.15) is 0 Å². The van der Waals surface area contributed by atoms with E-state index in [9.17, 15) is 4.79 Å². The summed E-state index contributed by atoms with van der Waals surface area (Å²) in [5.41, 5.74) is 0.735. The Labute approximate surface area is 109 Å². The van der Waals surface area contributed by atoms with Crippen LogP contribution in [0.4, 0.5) is 0 Å². The van der Waals surface area contributed by atoms with Gasteiger partial charge in [-0.05, 0) is 57.2 Å². The number of carbonyl (C=O) groups is 1. The molecular formula is C10H10Br2O2S. The maximum Gasteiger partial charge on any atom is 0.193 e. The molecule has 82 valence electrons. The van der Waals surface area contributed by atoms with Crippen LogP contribution in [0.1, 0.15) is 29.6 Å². The minimum Gasteiger partial charge on any atom is -0.370 e. The summed E-state index contributed by atoms with van der Waals surface area (Å²) in [6.45, 7) is 0.708. The first kappa shape index (κ1) is 11.8. The van der Waals surface area contributed by atoms with Crippen LogP contribution in [0.15, 0.2) is 13.6 Å². The molecule has 1 atom stereocenters. The van der Waals surface area contributed by atoms with Gasteiger partial charge in [-0.25, -0.2) is 0 Å². The molecule has 1 fully saturated rings. The van der Waals surface area contributed by atoms with Crippen LogP contribution < -0.4 is 0 Å². The summed E-state index contributed by atoms with van der Waals surface area (Å²) in [6.07, 6.45) is 2.76. The summed E-state index contributed by atoms with van der Waals surface area (Å²) in [7, 11) is 0. The number of hydrogen-bond donors (Lipinski definition) is 0. The van der Waals surface area contributed by atoms with E-state index in [0.717, 1.165) is 32.4 Å². The Kier molecular flexibility index (Phi) is 3.98. The number of ether oxygens (including phenoxy) is 1. The average molecular weight is 354 g/mol. The number of hydrogen-bond acceptors (Lipinski definition) is 3. The van der Waals surface area contributed by atoms with Gasteiger partial charge in [0.25, 0.3) is 0 Å². The molecule has 0 radical (unpaired) electrons. The summed E-state index contributed by atoms with van der Waals surface area (Å²) in [6, 6.07) is 1.86. The molecule has 0 aliphatic carbocycles. The molecule has 0 N–H and O–H groups in total. The van der Waals surface area contributed by atoms with Crippen LogP contribution in [-0.4, -0.2) is 18.5 Å². The molecule has 2 rings (SSSR count). The largest absolute Gasteiger partial charge is 0.370 e. The number of ketones is 1. The van der Waals surface area contributed by atoms with Crippen LogP contribution >= 0.6 is 43.2 Å². The van der Waals surface area contributed by atoms with E-state index in [1.807, 2.05) is 6.07 Å². The normalized spacial score (nSPS) is 21.6. The molecule has 0 aromatic carbocycles. The molecule has 1 aliphatic heterocycles. The van der Waals surface area contributed by atoms with E-state index < -0.39 is 0 Å². The first-order valence-corrected chi connectivity index (χ1v) is 7.19. The number of Topliss-reactive ketones (excluding diaryl/α,β-unsaturated/α-hetero) is 1. The maximum atomic E-state index is 12.1. The van der Waals surface area contributed by atoms with Crippen molar-refractivity contribution in [1.29, 1.82) is 0 Å². The predicted molar refractivity (Wildman–Crippen MR) is 67.6 cm³/mol. The van der Waals surface area contributed by atoms with Crippen LogP contribution in [0.25, 0.3) is 0 Å². The third kappa shape index (κ3) is 2.70. The van der Waals surface area contributed by atoms with Crippen molar-refractivity contribution in [3.8, 4) is 0 Å². The topological polar surface area (TPSA) is 26.3 Å². The minimum absolute atomic E-state index is 0.100. The van der Waals surface area contributed by atoms with E-state index in [1.165, 1.54) is 11.3 Å². The quantitative estimate of drug-likeness (QED) is 0.750. The summed E-state index contributed by atoms with van der Waals surface area (Å²) >= 11 is 8.29. The Morgan fingerprint density at radius 3 is 2.80 bits per heavy atom. The van der Waals surface area contributed by atoms with Gasteiger partial charge in [0.1, 0.15) is 6.10 Å². The molecule has 1 aromatic heterocycles. The van der Waals surface area contributed by atoms with Crippen molar-refractivity contribution >= 4 is 49.0 Å². The molecule has 1 saturated heterocycles. The highest BCUT2D eigenvalue weighted by Crippen LogP contribution is 2.33. The second-order valence-electron chi connectivity index (χ2n) is 3.46. The van der Waals surface area contributed by atoms with Crippen molar-refractivity contribution in [1.82, 2.24) is 0 Å². The Bertz CT molecular complexity index is 369. The fraction of sp³-hybridized carbons (Fsp3) is 0.500. The van der Waals surface area contributed by atoms with E-state index in [-0.39, 0.29) is 11.9 Å². The Balaban J connectivity index is 2.16. The minimum atomic E-state index is -0.239. The zero-order valence-electron chi connectivity index (χ0n) is 7.96. The van der Waals surface area contributed by atoms with Crippen molar-refractivity contribution in [2.75, 3.05) is 6.61 Å². The summed E-state index contributed by atoms with van der Waals surface area (Å²) in [5, 5.41) is 0. The van der Waals surface area contributed by atoms with E-state index in [1.54, 1.807) is 0 Å². The van der Waals surface area contributed by atoms with Gasteiger partial charge in [0.15, 0.2) is 5.78 Å². The van der Waals surface area contributed by atoms with Crippen LogP contribution in [0.5, 0.6) is 0 Å². The molecular weight excluding hydrogens is 344 g/mol. The highest BCUT2D eigenvalue weighted by Gasteiger charge is 2.25. The van der Waals surface area contributed by atoms with Gasteiger partial charge in [0.2, 0.25) is 0 Å². The molecule has 0 amide bonds. The van der Waals surface area contributed by atoms with Crippen molar-refractivity contribution in [3.05, 3.63) is 19.2 Å². The molecule has 5 heteroatoms. The predicted octanol–water partition coefficient (Wildman–Crippen LogP) is 4.02. The van der Waals surface area contributed by atoms with Crippen molar-refractivity contribution in [2.24, 2.45) is 0 Å². The van der Waals surface area contributed by atoms with Gasteiger partial charge in [0.05, 0.1) is 7.57 Å². The van der Waals surface area contributed by atoms with E-state index >= 15 is 0 Å². The molecule has 0 saturated carbocycles. The molecule has 2 nitrogen and oxygen atoms in total. The molecule has 0 spiro atoms. The smallest absolute Gasteiger partial charge is 0.193 e. The number of rotatable bonds is 2. The summed E-state index contributed by atoms with van der Waals surface area (Å²) in [4.78, 5) is 12.1. The van der Waals surface area contributed by atoms with Crippen molar-refractivity contribution in [3.63, 3.8) is 0 Å². The highest BCUT2D eigenvalue weighted by molar-refractivity contribution is 9.12. The maximum absolute atomic E-state index is 12.1. The van der Waals surface area contributed by atoms with E-state index in [0.29, 0.717) is 6.61 Å². The first-order valence-electron chi connectivity index (χ1n) is 4.79. The van der Waals surface area contributed by atoms with Gasteiger partial charge in [-0.3, -0.25) is 4.79 Å². The standard InChI is InChI=1S/C10H10Br2O2S/c11-8-5-6(10(12)15-8)9(13)7-3-1-2-4-14-7/h5,7H,1-4H2. The fourth-order valence-electron chi connectivity index (χ4n) is 1.63. The highest BCUT2D eigenvalue weighted by atomic mass is 79.9. The van der Waals surface area contributed by atoms with Gasteiger partial charge in [0, 0.05) is 12.2 Å². The second kappa shape index (κ2) is 5.08. The zero-order chi connectivity index (χ0) is 10.8. The SMILES string of the molecule is O=C(c1cc(Br)sc1Br)C1CCCCO1. The van der Waals surface area contributed by atoms with Gasteiger partial charge < -0.3 is 4.74 Å². The van der Waals surface area contributed by atoms with Gasteiger partial charge in [-0.15, -0.1) is 11.3 Å². The van der Waals surface area contributed by atoms with Crippen LogP contribution in [0.2, 0.25) is 0 Å². The molecule has 2 heterocycles. The molecule has 15 heavy (non-hydrogen) atoms. The number of halogens is 2. The van der Waals surface area contributed by atoms with Crippen LogP contribution in [0, 0.1) is 0 Å². The number of thiophene rings is 1. The Hall–Kier alpha value is 0.290. The lowest BCUT2D eigenvalue weighted by Gasteiger charge is -2.20. The summed E-state index contributed by atoms with van der Waals surface area (Å²) < 4.78 is 7.33. The lowest BCUT2D eigenvalue weighted by molar-refractivity contribution is 0.0186. The number of carbonyl (C=O) groups excluding carboxylic acids is 1. The Morgan fingerprint density at radius 1 is 1.47 bits per heavy atom. The van der Waals surface area contributed by atoms with Crippen molar-refractivity contribution < 1.29 is 9.53 Å². The van der Waals surface area contributed by atoms with Crippen molar-refractivity contribution in [2.45, 2.75) is 25.4 Å². The molecule has 1 aromatic rings. The third-order valence-electron chi connectivity index (χ3n) is 2.39. The van der Waals surface area contributed by atoms with Crippen LogP contribution in [0.3, 0.4) is 0 Å². The van der Waals surface area contributed by atoms with Gasteiger partial charge in [-0.1, -0.05) is 0 Å². The summed E-state index contributed by atoms with van der Waals surface area (Å²) in [5.74, 6) is 0.100. The average Bonchev–Trinajstić information content (AvgIpc) is 2.58. The van der Waals surface area contributed by atoms with E-state index in [2.05, 4.69) is 31.9 Å². The Morgan fingerprint density at radius 2 is 2.27 bits per heavy atom. The van der Waals surface area contributed by atoms with Gasteiger partial charge >= 0.3 is 0 Å². The lowest BCUT2D eigenvalue weighted by Crippen LogP contribution is -2.28. The molecule has 0 bridgehead atoms. The second-order valence-corrected chi connectivity index (χ2v) is 7.21. The third-order valence-corrected chi connectivity index (χ3v) is 4.73.